The number of aliphatic hydroxyl groups is 1. The summed E-state index contributed by atoms with van der Waals surface area (Å²) in [5.41, 5.74) is 7.29. The van der Waals surface area contributed by atoms with Gasteiger partial charge in [0.2, 0.25) is 5.91 Å². The highest BCUT2D eigenvalue weighted by Gasteiger charge is 2.39. The van der Waals surface area contributed by atoms with E-state index in [1.807, 2.05) is 0 Å². The van der Waals surface area contributed by atoms with Gasteiger partial charge >= 0.3 is 17.8 Å². The lowest BCUT2D eigenvalue weighted by Gasteiger charge is -2.18. The van der Waals surface area contributed by atoms with Crippen molar-refractivity contribution in [3.63, 3.8) is 0 Å². The van der Waals surface area contributed by atoms with Crippen molar-refractivity contribution in [1.29, 1.82) is 0 Å². The van der Waals surface area contributed by atoms with Crippen molar-refractivity contribution in [2.45, 2.75) is 44.5 Å². The largest absolute Gasteiger partial charge is 0.471 e. The molecule has 1 aromatic rings. The molecule has 2 heterocycles. The summed E-state index contributed by atoms with van der Waals surface area (Å²) < 4.78 is 49.1. The van der Waals surface area contributed by atoms with Crippen LogP contribution in [0.1, 0.15) is 25.1 Å². The van der Waals surface area contributed by atoms with E-state index in [0.29, 0.717) is 0 Å². The van der Waals surface area contributed by atoms with Gasteiger partial charge < -0.3 is 25.2 Å². The number of nitrogens with one attached hydrogen (secondary N) is 2. The van der Waals surface area contributed by atoms with Crippen LogP contribution in [0.5, 0.6) is 0 Å². The average molecular weight is 449 g/mol. The van der Waals surface area contributed by atoms with E-state index in [4.69, 9.17) is 15.0 Å². The molecule has 31 heavy (non-hydrogen) atoms. The van der Waals surface area contributed by atoms with Crippen LogP contribution in [0.2, 0.25) is 0 Å². The first-order valence-corrected chi connectivity index (χ1v) is 8.70. The molecule has 16 heteroatoms. The molecule has 170 valence electrons. The van der Waals surface area contributed by atoms with Gasteiger partial charge in [0.15, 0.2) is 0 Å². The Kier molecular flexibility index (Phi) is 7.93. The van der Waals surface area contributed by atoms with Crippen LogP contribution in [-0.2, 0) is 25.6 Å². The molecule has 0 radical (unpaired) electrons. The van der Waals surface area contributed by atoms with Crippen molar-refractivity contribution in [3.8, 4) is 0 Å². The third-order valence-electron chi connectivity index (χ3n) is 4.10. The van der Waals surface area contributed by atoms with Crippen LogP contribution in [0.4, 0.5) is 19.0 Å². The van der Waals surface area contributed by atoms with Crippen molar-refractivity contribution in [3.05, 3.63) is 32.7 Å². The summed E-state index contributed by atoms with van der Waals surface area (Å²) in [6.45, 7) is -0.438. The summed E-state index contributed by atoms with van der Waals surface area (Å²) in [4.78, 5) is 41.0. The minimum absolute atomic E-state index is 0.0155. The maximum Gasteiger partial charge on any atom is 0.471 e. The number of aromatic nitrogens is 2. The molecule has 0 aliphatic carbocycles. The van der Waals surface area contributed by atoms with Gasteiger partial charge in [-0.3, -0.25) is 14.2 Å². The Balaban J connectivity index is 2.30. The molecule has 2 rings (SSSR count). The highest BCUT2D eigenvalue weighted by molar-refractivity contribution is 5.88. The number of anilines is 1. The van der Waals surface area contributed by atoms with E-state index in [9.17, 15) is 32.7 Å². The van der Waals surface area contributed by atoms with Gasteiger partial charge in [0.05, 0.1) is 12.7 Å². The third kappa shape index (κ3) is 6.39. The fourth-order valence-corrected chi connectivity index (χ4v) is 2.76. The predicted octanol–water partition coefficient (Wildman–Crippen LogP) is 0.313. The molecule has 1 aliphatic rings. The maximum absolute atomic E-state index is 12.5. The molecule has 3 N–H and O–H groups in total. The molecule has 3 unspecified atom stereocenters. The molecule has 1 saturated heterocycles. The lowest BCUT2D eigenvalue weighted by atomic mass is 10.2. The van der Waals surface area contributed by atoms with Crippen LogP contribution in [0.15, 0.2) is 16.1 Å². The molecule has 1 aromatic heterocycles. The molecule has 1 aliphatic heterocycles. The standard InChI is InChI=1S/C15H18F3N7O6/c1-7(27)22-12-8(3-20-13(28)15(16,17)18)4-25(14(29)23-12)11-2-9(10(5-26)31-11)30-6-21-24-19/h4,9-11,26H,2-3,5-6H2,1H3,(H,20,28)(H,22,23,27,29). The van der Waals surface area contributed by atoms with Gasteiger partial charge in [-0.15, -0.1) is 0 Å². The summed E-state index contributed by atoms with van der Waals surface area (Å²) in [7, 11) is 0. The van der Waals surface area contributed by atoms with E-state index in [2.05, 4.69) is 20.3 Å². The smallest absolute Gasteiger partial charge is 0.394 e. The molecular formula is C15H18F3N7O6. The van der Waals surface area contributed by atoms with Crippen molar-refractivity contribution in [2.24, 2.45) is 5.11 Å². The van der Waals surface area contributed by atoms with Crippen LogP contribution in [0, 0.1) is 0 Å². The predicted molar refractivity (Wildman–Crippen MR) is 95.2 cm³/mol. The van der Waals surface area contributed by atoms with E-state index in [1.54, 1.807) is 5.32 Å². The van der Waals surface area contributed by atoms with Gasteiger partial charge in [-0.2, -0.15) is 18.2 Å². The fourth-order valence-electron chi connectivity index (χ4n) is 2.76. The summed E-state index contributed by atoms with van der Waals surface area (Å²) in [5, 5.41) is 16.5. The number of hydrogen-bond acceptors (Lipinski definition) is 8. The zero-order valence-corrected chi connectivity index (χ0v) is 16.0. The molecule has 0 spiro atoms. The van der Waals surface area contributed by atoms with Gasteiger partial charge in [-0.1, -0.05) is 5.11 Å². The Bertz CT molecular complexity index is 931. The van der Waals surface area contributed by atoms with Crippen LogP contribution >= 0.6 is 0 Å². The Labute approximate surface area is 171 Å². The molecular weight excluding hydrogens is 431 g/mol. The highest BCUT2D eigenvalue weighted by atomic mass is 19.4. The average Bonchev–Trinajstić information content (AvgIpc) is 3.09. The third-order valence-corrected chi connectivity index (χ3v) is 4.10. The summed E-state index contributed by atoms with van der Waals surface area (Å²) in [6.07, 6.45) is -6.70. The number of hydrogen-bond donors (Lipinski definition) is 3. The zero-order valence-electron chi connectivity index (χ0n) is 16.0. The van der Waals surface area contributed by atoms with Crippen LogP contribution < -0.4 is 16.3 Å². The minimum atomic E-state index is -5.13. The molecule has 1 fully saturated rings. The van der Waals surface area contributed by atoms with Crippen molar-refractivity contribution in [2.75, 3.05) is 18.7 Å². The highest BCUT2D eigenvalue weighted by Crippen LogP contribution is 2.30. The Hall–Kier alpha value is -3.20. The number of nitrogens with zero attached hydrogens (tertiary/aromatic N) is 5. The van der Waals surface area contributed by atoms with Crippen LogP contribution in [0.25, 0.3) is 10.4 Å². The quantitative estimate of drug-likeness (QED) is 0.290. The number of carbonyl (C=O) groups is 2. The first-order valence-electron chi connectivity index (χ1n) is 8.70. The van der Waals surface area contributed by atoms with E-state index in [1.165, 1.54) is 0 Å². The zero-order chi connectivity index (χ0) is 23.2. The fraction of sp³-hybridized carbons (Fsp3) is 0.600. The summed E-state index contributed by atoms with van der Waals surface area (Å²) in [5.74, 6) is -3.19. The Morgan fingerprint density at radius 3 is 2.81 bits per heavy atom. The second kappa shape index (κ2) is 10.2. The van der Waals surface area contributed by atoms with E-state index >= 15 is 0 Å². The number of rotatable bonds is 8. The SMILES string of the molecule is CC(=O)Nc1nc(=O)n(C2CC(OCN=[N+]=[N-])C(CO)O2)cc1CNC(=O)C(F)(F)F. The van der Waals surface area contributed by atoms with Crippen LogP contribution in [-0.4, -0.2) is 58.2 Å². The van der Waals surface area contributed by atoms with Gasteiger partial charge in [-0.25, -0.2) is 4.79 Å². The summed E-state index contributed by atoms with van der Waals surface area (Å²) >= 11 is 0. The number of carbonyl (C=O) groups excluding carboxylic acids is 2. The van der Waals surface area contributed by atoms with E-state index in [0.717, 1.165) is 17.7 Å². The second-order valence-corrected chi connectivity index (χ2v) is 6.28. The van der Waals surface area contributed by atoms with Crippen molar-refractivity contribution >= 4 is 17.6 Å². The van der Waals surface area contributed by atoms with E-state index in [-0.39, 0.29) is 24.5 Å². The molecule has 0 bridgehead atoms. The first-order chi connectivity index (χ1) is 14.6. The minimum Gasteiger partial charge on any atom is -0.394 e. The van der Waals surface area contributed by atoms with E-state index < -0.39 is 55.3 Å². The molecule has 13 nitrogen and oxygen atoms in total. The normalized spacial score (nSPS) is 20.7. The number of ether oxygens (including phenoxy) is 2. The number of azide groups is 1. The number of amides is 2. The number of halogens is 3. The molecule has 3 atom stereocenters. The number of aliphatic hydroxyl groups excluding tert-OH is 1. The number of alkyl halides is 3. The maximum atomic E-state index is 12.5. The van der Waals surface area contributed by atoms with Crippen molar-refractivity contribution < 1.29 is 37.3 Å². The van der Waals surface area contributed by atoms with Crippen LogP contribution in [0.3, 0.4) is 0 Å². The van der Waals surface area contributed by atoms with Gasteiger partial charge in [0, 0.05) is 36.6 Å². The van der Waals surface area contributed by atoms with Gasteiger partial charge in [0.1, 0.15) is 24.9 Å². The molecule has 2 amide bonds. The topological polar surface area (TPSA) is 181 Å². The Morgan fingerprint density at radius 1 is 1.52 bits per heavy atom. The lowest BCUT2D eigenvalue weighted by molar-refractivity contribution is -0.173. The van der Waals surface area contributed by atoms with Gasteiger partial charge in [-0.05, 0) is 5.53 Å². The van der Waals surface area contributed by atoms with Gasteiger partial charge in [0.25, 0.3) is 0 Å². The molecule has 0 saturated carbocycles. The molecule has 0 aromatic carbocycles. The van der Waals surface area contributed by atoms with Crippen molar-refractivity contribution in [1.82, 2.24) is 14.9 Å². The lowest BCUT2D eigenvalue weighted by Crippen LogP contribution is -2.37. The second-order valence-electron chi connectivity index (χ2n) is 6.28. The monoisotopic (exact) mass is 449 g/mol. The summed E-state index contributed by atoms with van der Waals surface area (Å²) in [6, 6.07) is 0. The Morgan fingerprint density at radius 2 is 2.23 bits per heavy atom. The first kappa shape index (κ1) is 24.1.